The predicted octanol–water partition coefficient (Wildman–Crippen LogP) is 5.31. The Bertz CT molecular complexity index is 927. The van der Waals surface area contributed by atoms with E-state index in [-0.39, 0.29) is 0 Å². The Labute approximate surface area is 190 Å². The molecule has 0 atom stereocenters. The molecule has 164 valence electrons. The number of hydrogen-bond acceptors (Lipinski definition) is 6. The lowest BCUT2D eigenvalue weighted by Crippen LogP contribution is -2.36. The summed E-state index contributed by atoms with van der Waals surface area (Å²) in [5.74, 6) is 1.21. The number of ether oxygens (including phenoxy) is 1. The fourth-order valence-corrected chi connectivity index (χ4v) is 2.84. The van der Waals surface area contributed by atoms with Crippen molar-refractivity contribution in [1.29, 1.82) is 0 Å². The number of allylic oxidation sites excluding steroid dienone is 1. The lowest BCUT2D eigenvalue weighted by Gasteiger charge is -2.28. The SMILES string of the molecule is C=CCC.Cc1ccc(N2CCOCC2)cc1.Cc1ncnc(-c2cccnc2Cl)n1. The van der Waals surface area contributed by atoms with E-state index in [4.69, 9.17) is 16.3 Å². The number of benzene rings is 1. The predicted molar refractivity (Wildman–Crippen MR) is 128 cm³/mol. The second-order valence-corrected chi connectivity index (χ2v) is 7.19. The van der Waals surface area contributed by atoms with Gasteiger partial charge in [-0.1, -0.05) is 42.3 Å². The van der Waals surface area contributed by atoms with E-state index in [1.54, 1.807) is 19.2 Å². The first-order valence-electron chi connectivity index (χ1n) is 10.3. The van der Waals surface area contributed by atoms with Crippen LogP contribution in [0.15, 0.2) is 61.6 Å². The van der Waals surface area contributed by atoms with Gasteiger partial charge >= 0.3 is 0 Å². The van der Waals surface area contributed by atoms with Crippen LogP contribution in [0.4, 0.5) is 5.69 Å². The van der Waals surface area contributed by atoms with Crippen LogP contribution >= 0.6 is 11.6 Å². The molecule has 1 aliphatic rings. The molecule has 2 aromatic heterocycles. The summed E-state index contributed by atoms with van der Waals surface area (Å²) in [6.07, 6.45) is 6.04. The number of rotatable bonds is 3. The van der Waals surface area contributed by atoms with Gasteiger partial charge in [0.1, 0.15) is 17.3 Å². The zero-order chi connectivity index (χ0) is 22.5. The molecule has 4 rings (SSSR count). The smallest absolute Gasteiger partial charge is 0.166 e. The summed E-state index contributed by atoms with van der Waals surface area (Å²) in [4.78, 5) is 18.4. The van der Waals surface area contributed by atoms with Gasteiger partial charge in [-0.3, -0.25) is 0 Å². The highest BCUT2D eigenvalue weighted by Crippen LogP contribution is 2.21. The van der Waals surface area contributed by atoms with Gasteiger partial charge in [0.15, 0.2) is 5.82 Å². The Morgan fingerprint density at radius 2 is 1.74 bits per heavy atom. The van der Waals surface area contributed by atoms with Gasteiger partial charge in [0.2, 0.25) is 0 Å². The monoisotopic (exact) mass is 439 g/mol. The first kappa shape index (κ1) is 24.4. The highest BCUT2D eigenvalue weighted by Gasteiger charge is 2.10. The first-order valence-corrected chi connectivity index (χ1v) is 10.7. The fourth-order valence-electron chi connectivity index (χ4n) is 2.64. The van der Waals surface area contributed by atoms with E-state index in [0.29, 0.717) is 16.8 Å². The zero-order valence-electron chi connectivity index (χ0n) is 18.5. The van der Waals surface area contributed by atoms with Crippen LogP contribution in [0.1, 0.15) is 24.7 Å². The maximum atomic E-state index is 5.90. The molecule has 0 aliphatic carbocycles. The van der Waals surface area contributed by atoms with Gasteiger partial charge in [0, 0.05) is 25.0 Å². The van der Waals surface area contributed by atoms with Crippen LogP contribution in [0.2, 0.25) is 5.15 Å². The molecule has 1 aromatic carbocycles. The maximum Gasteiger partial charge on any atom is 0.166 e. The van der Waals surface area contributed by atoms with Crippen LogP contribution in [0.25, 0.3) is 11.4 Å². The summed E-state index contributed by atoms with van der Waals surface area (Å²) in [5, 5.41) is 0.401. The normalized spacial score (nSPS) is 12.7. The largest absolute Gasteiger partial charge is 0.378 e. The van der Waals surface area contributed by atoms with Crippen molar-refractivity contribution in [2.45, 2.75) is 27.2 Å². The van der Waals surface area contributed by atoms with Gasteiger partial charge in [-0.15, -0.1) is 6.58 Å². The summed E-state index contributed by atoms with van der Waals surface area (Å²) in [5.41, 5.74) is 3.35. The number of halogens is 1. The van der Waals surface area contributed by atoms with Crippen LogP contribution in [0.3, 0.4) is 0 Å². The molecule has 1 fully saturated rings. The number of nitrogens with zero attached hydrogens (tertiary/aromatic N) is 5. The van der Waals surface area contributed by atoms with Crippen molar-refractivity contribution in [2.75, 3.05) is 31.2 Å². The molecule has 1 saturated heterocycles. The van der Waals surface area contributed by atoms with Crippen molar-refractivity contribution in [3.8, 4) is 11.4 Å². The number of morpholine rings is 1. The van der Waals surface area contributed by atoms with E-state index in [2.05, 4.69) is 69.5 Å². The molecule has 0 bridgehead atoms. The standard InChI is InChI=1S/C11H15NO.C9H7ClN4.C4H8/c1-10-2-4-11(5-3-10)12-6-8-13-9-7-12;1-6-12-5-13-9(14-6)7-3-2-4-11-8(7)10;1-3-4-2/h2-5H,6-9H2,1H3;2-5H,1H3;3H,1,4H2,2H3. The molecule has 1 aliphatic heterocycles. The molecular formula is C24H30ClN5O. The van der Waals surface area contributed by atoms with Gasteiger partial charge in [0.25, 0.3) is 0 Å². The minimum atomic E-state index is 0.401. The quantitative estimate of drug-likeness (QED) is 0.407. The third-order valence-electron chi connectivity index (χ3n) is 4.39. The molecule has 0 saturated carbocycles. The van der Waals surface area contributed by atoms with Gasteiger partial charge < -0.3 is 9.64 Å². The highest BCUT2D eigenvalue weighted by atomic mass is 35.5. The Morgan fingerprint density at radius 3 is 2.32 bits per heavy atom. The topological polar surface area (TPSA) is 64.0 Å². The second kappa shape index (κ2) is 13.5. The zero-order valence-corrected chi connectivity index (χ0v) is 19.2. The van der Waals surface area contributed by atoms with Crippen LogP contribution in [0, 0.1) is 13.8 Å². The second-order valence-electron chi connectivity index (χ2n) is 6.83. The summed E-state index contributed by atoms with van der Waals surface area (Å²) in [6.45, 7) is 13.2. The number of hydrogen-bond donors (Lipinski definition) is 0. The summed E-state index contributed by atoms with van der Waals surface area (Å²) >= 11 is 5.90. The molecule has 6 nitrogen and oxygen atoms in total. The third-order valence-corrected chi connectivity index (χ3v) is 4.69. The van der Waals surface area contributed by atoms with Crippen molar-refractivity contribution in [2.24, 2.45) is 0 Å². The molecule has 0 amide bonds. The first-order chi connectivity index (χ1) is 15.0. The maximum absolute atomic E-state index is 5.90. The molecule has 0 N–H and O–H groups in total. The highest BCUT2D eigenvalue weighted by molar-refractivity contribution is 6.31. The Hall–Kier alpha value is -2.83. The molecule has 3 heterocycles. The number of pyridine rings is 1. The van der Waals surface area contributed by atoms with E-state index >= 15 is 0 Å². The fraction of sp³-hybridized carbons (Fsp3) is 0.333. The van der Waals surface area contributed by atoms with Crippen molar-refractivity contribution in [3.63, 3.8) is 0 Å². The lowest BCUT2D eigenvalue weighted by atomic mass is 10.2. The van der Waals surface area contributed by atoms with E-state index < -0.39 is 0 Å². The summed E-state index contributed by atoms with van der Waals surface area (Å²) in [7, 11) is 0. The van der Waals surface area contributed by atoms with Gasteiger partial charge in [-0.05, 0) is 44.5 Å². The number of anilines is 1. The van der Waals surface area contributed by atoms with Crippen LogP contribution < -0.4 is 4.90 Å². The molecule has 3 aromatic rings. The van der Waals surface area contributed by atoms with Crippen molar-refractivity contribution < 1.29 is 4.74 Å². The van der Waals surface area contributed by atoms with E-state index in [9.17, 15) is 0 Å². The van der Waals surface area contributed by atoms with Crippen LogP contribution in [-0.2, 0) is 4.74 Å². The molecule has 31 heavy (non-hydrogen) atoms. The third kappa shape index (κ3) is 8.44. The van der Waals surface area contributed by atoms with Gasteiger partial charge in [0.05, 0.1) is 18.8 Å². The van der Waals surface area contributed by atoms with Crippen LogP contribution in [0.5, 0.6) is 0 Å². The van der Waals surface area contributed by atoms with Crippen molar-refractivity contribution in [1.82, 2.24) is 19.9 Å². The van der Waals surface area contributed by atoms with Crippen molar-refractivity contribution >= 4 is 17.3 Å². The summed E-state index contributed by atoms with van der Waals surface area (Å²) in [6, 6.07) is 12.3. The van der Waals surface area contributed by atoms with Gasteiger partial charge in [-0.25, -0.2) is 19.9 Å². The minimum absolute atomic E-state index is 0.401. The Balaban J connectivity index is 0.000000189. The lowest BCUT2D eigenvalue weighted by molar-refractivity contribution is 0.122. The van der Waals surface area contributed by atoms with Crippen LogP contribution in [-0.4, -0.2) is 46.2 Å². The summed E-state index contributed by atoms with van der Waals surface area (Å²) < 4.78 is 5.30. The minimum Gasteiger partial charge on any atom is -0.378 e. The Morgan fingerprint density at radius 1 is 1.06 bits per heavy atom. The number of aromatic nitrogens is 4. The number of aryl methyl sites for hydroxylation is 2. The molecular weight excluding hydrogens is 410 g/mol. The molecule has 0 spiro atoms. The molecule has 0 radical (unpaired) electrons. The average Bonchev–Trinajstić information content (AvgIpc) is 2.81. The van der Waals surface area contributed by atoms with Gasteiger partial charge in [-0.2, -0.15) is 0 Å². The van der Waals surface area contributed by atoms with E-state index in [0.717, 1.165) is 38.3 Å². The van der Waals surface area contributed by atoms with E-state index in [1.807, 2.05) is 12.1 Å². The van der Waals surface area contributed by atoms with Crippen molar-refractivity contribution in [3.05, 3.63) is 78.1 Å². The van der Waals surface area contributed by atoms with E-state index in [1.165, 1.54) is 17.6 Å². The molecule has 0 unspecified atom stereocenters. The molecule has 7 heteroatoms. The Kier molecular flexibility index (Phi) is 10.6. The average molecular weight is 440 g/mol.